The van der Waals surface area contributed by atoms with E-state index in [0.29, 0.717) is 16.6 Å². The zero-order valence-corrected chi connectivity index (χ0v) is 10.7. The van der Waals surface area contributed by atoms with Gasteiger partial charge in [0, 0.05) is 17.5 Å². The molecular formula is C13H17NO2S. The Morgan fingerprint density at radius 1 is 1.47 bits per heavy atom. The smallest absolute Gasteiger partial charge is 0.252 e. The molecular weight excluding hydrogens is 234 g/mol. The van der Waals surface area contributed by atoms with Crippen LogP contribution in [0.1, 0.15) is 30.1 Å². The second-order valence-corrected chi connectivity index (χ2v) is 4.72. The zero-order chi connectivity index (χ0) is 12.3. The molecule has 0 radical (unpaired) electrons. The van der Waals surface area contributed by atoms with E-state index in [4.69, 9.17) is 4.74 Å². The van der Waals surface area contributed by atoms with Crippen molar-refractivity contribution in [1.29, 1.82) is 0 Å². The summed E-state index contributed by atoms with van der Waals surface area (Å²) >= 11 is 4.27. The van der Waals surface area contributed by atoms with Gasteiger partial charge in [-0.15, -0.1) is 12.6 Å². The Morgan fingerprint density at radius 2 is 2.18 bits per heavy atom. The van der Waals surface area contributed by atoms with Gasteiger partial charge in [0.25, 0.3) is 5.91 Å². The van der Waals surface area contributed by atoms with Gasteiger partial charge in [-0.3, -0.25) is 4.79 Å². The van der Waals surface area contributed by atoms with Crippen molar-refractivity contribution in [2.75, 3.05) is 6.61 Å². The lowest BCUT2D eigenvalue weighted by Gasteiger charge is -2.35. The molecule has 1 amide bonds. The Kier molecular flexibility index (Phi) is 4.07. The maximum absolute atomic E-state index is 11.9. The predicted molar refractivity (Wildman–Crippen MR) is 69.6 cm³/mol. The fourth-order valence-electron chi connectivity index (χ4n) is 1.98. The van der Waals surface area contributed by atoms with Crippen LogP contribution in [0.5, 0.6) is 0 Å². The number of thiol groups is 1. The van der Waals surface area contributed by atoms with Crippen LogP contribution in [0.4, 0.5) is 0 Å². The Hall–Kier alpha value is -1.00. The number of nitrogens with one attached hydrogen (secondary N) is 1. The topological polar surface area (TPSA) is 38.3 Å². The van der Waals surface area contributed by atoms with Crippen LogP contribution in [-0.2, 0) is 4.74 Å². The highest BCUT2D eigenvalue weighted by Gasteiger charge is 2.30. The molecule has 0 spiro atoms. The summed E-state index contributed by atoms with van der Waals surface area (Å²) in [6.45, 7) is 2.73. The molecule has 1 saturated carbocycles. The summed E-state index contributed by atoms with van der Waals surface area (Å²) in [4.78, 5) is 12.6. The summed E-state index contributed by atoms with van der Waals surface area (Å²) < 4.78 is 5.45. The summed E-state index contributed by atoms with van der Waals surface area (Å²) in [5.41, 5.74) is 0.635. The van der Waals surface area contributed by atoms with E-state index in [9.17, 15) is 4.79 Å². The summed E-state index contributed by atoms with van der Waals surface area (Å²) in [5, 5.41) is 2.99. The normalized spacial score (nSPS) is 22.9. The lowest BCUT2D eigenvalue weighted by Crippen LogP contribution is -2.47. The number of benzene rings is 1. The maximum atomic E-state index is 11.9. The standard InChI is InChI=1S/C13H17NO2S/c1-2-16-10-7-9(8-10)14-13(15)11-5-3-4-6-12(11)17/h3-6,9-10,17H,2,7-8H2,1H3,(H,14,15). The van der Waals surface area contributed by atoms with Crippen LogP contribution in [0.2, 0.25) is 0 Å². The number of hydrogen-bond acceptors (Lipinski definition) is 3. The Morgan fingerprint density at radius 3 is 2.82 bits per heavy atom. The molecule has 3 nitrogen and oxygen atoms in total. The van der Waals surface area contributed by atoms with Gasteiger partial charge in [-0.2, -0.15) is 0 Å². The van der Waals surface area contributed by atoms with Gasteiger partial charge in [0.05, 0.1) is 11.7 Å². The van der Waals surface area contributed by atoms with E-state index in [1.54, 1.807) is 6.07 Å². The van der Waals surface area contributed by atoms with Crippen molar-refractivity contribution >= 4 is 18.5 Å². The fraction of sp³-hybridized carbons (Fsp3) is 0.462. The van der Waals surface area contributed by atoms with Crippen LogP contribution in [-0.4, -0.2) is 24.7 Å². The first-order chi connectivity index (χ1) is 8.20. The number of ether oxygens (including phenoxy) is 1. The van der Waals surface area contributed by atoms with Gasteiger partial charge in [-0.1, -0.05) is 12.1 Å². The molecule has 17 heavy (non-hydrogen) atoms. The Bertz CT molecular complexity index is 402. The summed E-state index contributed by atoms with van der Waals surface area (Å²) in [5.74, 6) is -0.0458. The molecule has 1 fully saturated rings. The lowest BCUT2D eigenvalue weighted by atomic mass is 9.89. The first kappa shape index (κ1) is 12.5. The van der Waals surface area contributed by atoms with Crippen molar-refractivity contribution in [3.63, 3.8) is 0 Å². The van der Waals surface area contributed by atoms with Gasteiger partial charge in [-0.25, -0.2) is 0 Å². The number of carbonyl (C=O) groups is 1. The SMILES string of the molecule is CCOC1CC(NC(=O)c2ccccc2S)C1. The van der Waals surface area contributed by atoms with E-state index >= 15 is 0 Å². The number of carbonyl (C=O) groups excluding carboxylic acids is 1. The van der Waals surface area contributed by atoms with Crippen molar-refractivity contribution in [1.82, 2.24) is 5.32 Å². The van der Waals surface area contributed by atoms with E-state index < -0.39 is 0 Å². The number of hydrogen-bond donors (Lipinski definition) is 2. The molecule has 1 N–H and O–H groups in total. The van der Waals surface area contributed by atoms with Crippen LogP contribution in [0.25, 0.3) is 0 Å². The van der Waals surface area contributed by atoms with Gasteiger partial charge in [0.15, 0.2) is 0 Å². The van der Waals surface area contributed by atoms with E-state index in [1.165, 1.54) is 0 Å². The van der Waals surface area contributed by atoms with Gasteiger partial charge < -0.3 is 10.1 Å². The molecule has 4 heteroatoms. The van der Waals surface area contributed by atoms with E-state index in [-0.39, 0.29) is 11.9 Å². The second-order valence-electron chi connectivity index (χ2n) is 4.24. The average Bonchev–Trinajstić information content (AvgIpc) is 2.26. The third-order valence-corrected chi connectivity index (χ3v) is 3.37. The first-order valence-corrected chi connectivity index (χ1v) is 6.36. The Balaban J connectivity index is 1.85. The molecule has 2 rings (SSSR count). The first-order valence-electron chi connectivity index (χ1n) is 5.91. The quantitative estimate of drug-likeness (QED) is 0.806. The Labute approximate surface area is 107 Å². The van der Waals surface area contributed by atoms with Crippen molar-refractivity contribution in [3.05, 3.63) is 29.8 Å². The maximum Gasteiger partial charge on any atom is 0.252 e. The fourth-order valence-corrected chi connectivity index (χ4v) is 2.25. The van der Waals surface area contributed by atoms with Gasteiger partial charge in [0.1, 0.15) is 0 Å². The highest BCUT2D eigenvalue weighted by Crippen LogP contribution is 2.24. The molecule has 1 aliphatic rings. The van der Waals surface area contributed by atoms with Crippen LogP contribution in [0.15, 0.2) is 29.2 Å². The third-order valence-electron chi connectivity index (χ3n) is 2.98. The van der Waals surface area contributed by atoms with Crippen molar-refractivity contribution in [2.24, 2.45) is 0 Å². The minimum atomic E-state index is -0.0458. The van der Waals surface area contributed by atoms with E-state index in [0.717, 1.165) is 19.4 Å². The van der Waals surface area contributed by atoms with Crippen molar-refractivity contribution < 1.29 is 9.53 Å². The lowest BCUT2D eigenvalue weighted by molar-refractivity contribution is -0.00865. The minimum absolute atomic E-state index is 0.0458. The molecule has 1 aromatic rings. The van der Waals surface area contributed by atoms with Crippen molar-refractivity contribution in [2.45, 2.75) is 36.8 Å². The van der Waals surface area contributed by atoms with Gasteiger partial charge in [-0.05, 0) is 31.9 Å². The van der Waals surface area contributed by atoms with Gasteiger partial charge >= 0.3 is 0 Å². The highest BCUT2D eigenvalue weighted by atomic mass is 32.1. The molecule has 0 atom stereocenters. The van der Waals surface area contributed by atoms with Crippen LogP contribution in [0, 0.1) is 0 Å². The molecule has 0 unspecified atom stereocenters. The molecule has 0 heterocycles. The van der Waals surface area contributed by atoms with Crippen LogP contribution >= 0.6 is 12.6 Å². The highest BCUT2D eigenvalue weighted by molar-refractivity contribution is 7.80. The average molecular weight is 251 g/mol. The van der Waals surface area contributed by atoms with Crippen molar-refractivity contribution in [3.8, 4) is 0 Å². The number of amides is 1. The molecule has 92 valence electrons. The second kappa shape index (κ2) is 5.56. The zero-order valence-electron chi connectivity index (χ0n) is 9.85. The number of rotatable bonds is 4. The monoisotopic (exact) mass is 251 g/mol. The summed E-state index contributed by atoms with van der Waals surface area (Å²) in [6.07, 6.45) is 2.14. The predicted octanol–water partition coefficient (Wildman–Crippen LogP) is 2.27. The molecule has 1 aliphatic carbocycles. The minimum Gasteiger partial charge on any atom is -0.378 e. The summed E-state index contributed by atoms with van der Waals surface area (Å²) in [6, 6.07) is 7.57. The van der Waals surface area contributed by atoms with E-state index in [1.807, 2.05) is 25.1 Å². The third kappa shape index (κ3) is 3.01. The molecule has 0 bridgehead atoms. The van der Waals surface area contributed by atoms with E-state index in [2.05, 4.69) is 17.9 Å². The van der Waals surface area contributed by atoms with Crippen LogP contribution < -0.4 is 5.32 Å². The molecule has 0 saturated heterocycles. The molecule has 0 aromatic heterocycles. The van der Waals surface area contributed by atoms with Gasteiger partial charge in [0.2, 0.25) is 0 Å². The molecule has 0 aliphatic heterocycles. The van der Waals surface area contributed by atoms with Crippen LogP contribution in [0.3, 0.4) is 0 Å². The largest absolute Gasteiger partial charge is 0.378 e. The molecule has 1 aromatic carbocycles. The summed E-state index contributed by atoms with van der Waals surface area (Å²) in [7, 11) is 0.